The zero-order chi connectivity index (χ0) is 17.9. The Bertz CT molecular complexity index is 583. The van der Waals surface area contributed by atoms with Gasteiger partial charge in [0.2, 0.25) is 5.91 Å². The lowest BCUT2D eigenvalue weighted by Gasteiger charge is -2.24. The lowest BCUT2D eigenvalue weighted by atomic mass is 9.87. The lowest BCUT2D eigenvalue weighted by molar-refractivity contribution is -0.131. The Kier molecular flexibility index (Phi) is 7.36. The SMILES string of the molecule is CC(C)(C)c1ccc(OCCCC(=O)N2CCC3CCC(C2)N3)cc1.Cl. The van der Waals surface area contributed by atoms with Crippen molar-refractivity contribution in [3.63, 3.8) is 0 Å². The first-order valence-corrected chi connectivity index (χ1v) is 9.69. The molecule has 1 N–H and O–H groups in total. The maximum absolute atomic E-state index is 12.4. The molecule has 2 unspecified atom stereocenters. The molecule has 26 heavy (non-hydrogen) atoms. The zero-order valence-electron chi connectivity index (χ0n) is 16.3. The van der Waals surface area contributed by atoms with Crippen molar-refractivity contribution in [3.05, 3.63) is 29.8 Å². The van der Waals surface area contributed by atoms with E-state index in [2.05, 4.69) is 43.1 Å². The van der Waals surface area contributed by atoms with E-state index in [4.69, 9.17) is 4.74 Å². The van der Waals surface area contributed by atoms with Crippen LogP contribution in [0, 0.1) is 0 Å². The molecule has 2 heterocycles. The highest BCUT2D eigenvalue weighted by Crippen LogP contribution is 2.24. The van der Waals surface area contributed by atoms with Crippen LogP contribution in [0.15, 0.2) is 24.3 Å². The van der Waals surface area contributed by atoms with E-state index >= 15 is 0 Å². The highest BCUT2D eigenvalue weighted by molar-refractivity contribution is 5.85. The van der Waals surface area contributed by atoms with E-state index in [9.17, 15) is 4.79 Å². The molecule has 2 fully saturated rings. The van der Waals surface area contributed by atoms with Crippen molar-refractivity contribution in [1.82, 2.24) is 10.2 Å². The maximum Gasteiger partial charge on any atom is 0.222 e. The number of nitrogens with zero attached hydrogens (tertiary/aromatic N) is 1. The molecule has 1 amide bonds. The van der Waals surface area contributed by atoms with E-state index in [1.54, 1.807) is 0 Å². The van der Waals surface area contributed by atoms with Crippen LogP contribution in [-0.2, 0) is 10.2 Å². The summed E-state index contributed by atoms with van der Waals surface area (Å²) in [6.45, 7) is 9.00. The van der Waals surface area contributed by atoms with Crippen LogP contribution < -0.4 is 10.1 Å². The summed E-state index contributed by atoms with van der Waals surface area (Å²) in [5.41, 5.74) is 1.46. The van der Waals surface area contributed by atoms with Crippen molar-refractivity contribution in [2.75, 3.05) is 19.7 Å². The molecule has 146 valence electrons. The third kappa shape index (κ3) is 5.62. The predicted molar refractivity (Wildman–Crippen MR) is 108 cm³/mol. The largest absolute Gasteiger partial charge is 0.494 e. The van der Waals surface area contributed by atoms with Gasteiger partial charge in [-0.15, -0.1) is 12.4 Å². The summed E-state index contributed by atoms with van der Waals surface area (Å²) in [6, 6.07) is 9.44. The second-order valence-electron chi connectivity index (χ2n) is 8.49. The monoisotopic (exact) mass is 380 g/mol. The van der Waals surface area contributed by atoms with Crippen LogP contribution in [-0.4, -0.2) is 42.6 Å². The number of carbonyl (C=O) groups is 1. The van der Waals surface area contributed by atoms with Gasteiger partial charge in [-0.3, -0.25) is 4.79 Å². The highest BCUT2D eigenvalue weighted by Gasteiger charge is 2.30. The number of carbonyl (C=O) groups excluding carboxylic acids is 1. The minimum Gasteiger partial charge on any atom is -0.494 e. The quantitative estimate of drug-likeness (QED) is 0.787. The molecular weight excluding hydrogens is 348 g/mol. The average molecular weight is 381 g/mol. The average Bonchev–Trinajstić information content (AvgIpc) is 2.90. The Balaban J connectivity index is 0.00000243. The molecule has 1 aromatic rings. The van der Waals surface area contributed by atoms with Gasteiger partial charge in [0.25, 0.3) is 0 Å². The number of fused-ring (bicyclic) bond motifs is 2. The van der Waals surface area contributed by atoms with Crippen LogP contribution in [0.4, 0.5) is 0 Å². The summed E-state index contributed by atoms with van der Waals surface area (Å²) in [6.07, 6.45) is 4.94. The summed E-state index contributed by atoms with van der Waals surface area (Å²) in [7, 11) is 0. The van der Waals surface area contributed by atoms with E-state index in [-0.39, 0.29) is 23.7 Å². The molecule has 0 radical (unpaired) electrons. The standard InChI is InChI=1S/C21H32N2O2.ClH/c1-21(2,3)16-6-10-19(11-7-16)25-14-4-5-20(24)23-13-12-17-8-9-18(15-23)22-17;/h6-7,10-11,17-18,22H,4-5,8-9,12-15H2,1-3H3;1H. The van der Waals surface area contributed by atoms with Crippen molar-refractivity contribution >= 4 is 18.3 Å². The molecule has 0 spiro atoms. The Morgan fingerprint density at radius 1 is 1.15 bits per heavy atom. The number of hydrogen-bond donors (Lipinski definition) is 1. The number of benzene rings is 1. The summed E-state index contributed by atoms with van der Waals surface area (Å²) >= 11 is 0. The van der Waals surface area contributed by atoms with Gasteiger partial charge in [0, 0.05) is 31.6 Å². The number of ether oxygens (including phenoxy) is 1. The smallest absolute Gasteiger partial charge is 0.222 e. The number of nitrogens with one attached hydrogen (secondary N) is 1. The molecule has 2 aliphatic heterocycles. The molecule has 0 aromatic heterocycles. The van der Waals surface area contributed by atoms with E-state index in [0.29, 0.717) is 25.1 Å². The molecule has 0 aliphatic carbocycles. The maximum atomic E-state index is 12.4. The topological polar surface area (TPSA) is 41.6 Å². The summed E-state index contributed by atoms with van der Waals surface area (Å²) in [4.78, 5) is 14.5. The van der Waals surface area contributed by atoms with Gasteiger partial charge in [-0.2, -0.15) is 0 Å². The predicted octanol–water partition coefficient (Wildman–Crippen LogP) is 3.92. The lowest BCUT2D eigenvalue weighted by Crippen LogP contribution is -2.39. The van der Waals surface area contributed by atoms with Crippen LogP contribution >= 0.6 is 12.4 Å². The molecule has 2 bridgehead atoms. The van der Waals surface area contributed by atoms with Crippen LogP contribution in [0.5, 0.6) is 5.75 Å². The molecule has 2 aliphatic rings. The number of likely N-dealkylation sites (tertiary alicyclic amines) is 1. The Labute approximate surface area is 164 Å². The van der Waals surface area contributed by atoms with Crippen molar-refractivity contribution < 1.29 is 9.53 Å². The van der Waals surface area contributed by atoms with Crippen LogP contribution in [0.2, 0.25) is 0 Å². The Hall–Kier alpha value is -1.26. The van der Waals surface area contributed by atoms with E-state index in [1.807, 2.05) is 12.1 Å². The van der Waals surface area contributed by atoms with Crippen LogP contribution in [0.25, 0.3) is 0 Å². The third-order valence-electron chi connectivity index (χ3n) is 5.40. The molecule has 1 aromatic carbocycles. The normalized spacial score (nSPS) is 22.5. The summed E-state index contributed by atoms with van der Waals surface area (Å²) < 4.78 is 5.80. The molecule has 5 heteroatoms. The highest BCUT2D eigenvalue weighted by atomic mass is 35.5. The van der Waals surface area contributed by atoms with Gasteiger partial charge >= 0.3 is 0 Å². The molecule has 2 saturated heterocycles. The van der Waals surface area contributed by atoms with E-state index < -0.39 is 0 Å². The molecule has 4 nitrogen and oxygen atoms in total. The van der Waals surface area contributed by atoms with Gasteiger partial charge in [0.05, 0.1) is 6.61 Å². The zero-order valence-corrected chi connectivity index (χ0v) is 17.1. The molecular formula is C21H33ClN2O2. The number of amides is 1. The summed E-state index contributed by atoms with van der Waals surface area (Å²) in [5.74, 6) is 1.16. The Morgan fingerprint density at radius 3 is 2.54 bits per heavy atom. The fourth-order valence-electron chi connectivity index (χ4n) is 3.79. The second kappa shape index (κ2) is 9.09. The third-order valence-corrected chi connectivity index (χ3v) is 5.40. The van der Waals surface area contributed by atoms with E-state index in [0.717, 1.165) is 31.7 Å². The van der Waals surface area contributed by atoms with Crippen LogP contribution in [0.3, 0.4) is 0 Å². The van der Waals surface area contributed by atoms with Gasteiger partial charge in [-0.1, -0.05) is 32.9 Å². The van der Waals surface area contributed by atoms with Crippen molar-refractivity contribution in [2.45, 2.75) is 70.4 Å². The van der Waals surface area contributed by atoms with Crippen molar-refractivity contribution in [1.29, 1.82) is 0 Å². The van der Waals surface area contributed by atoms with Crippen molar-refractivity contribution in [2.24, 2.45) is 0 Å². The number of hydrogen-bond acceptors (Lipinski definition) is 3. The summed E-state index contributed by atoms with van der Waals surface area (Å²) in [5, 5.41) is 3.62. The first-order chi connectivity index (χ1) is 11.9. The van der Waals surface area contributed by atoms with Gasteiger partial charge in [0.1, 0.15) is 5.75 Å². The minimum atomic E-state index is 0. The first kappa shape index (κ1) is 21.0. The van der Waals surface area contributed by atoms with Gasteiger partial charge < -0.3 is 15.0 Å². The van der Waals surface area contributed by atoms with Gasteiger partial charge in [-0.05, 0) is 48.8 Å². The van der Waals surface area contributed by atoms with Crippen LogP contribution in [0.1, 0.15) is 58.4 Å². The molecule has 2 atom stereocenters. The fraction of sp³-hybridized carbons (Fsp3) is 0.667. The second-order valence-corrected chi connectivity index (χ2v) is 8.49. The minimum absolute atomic E-state index is 0. The number of rotatable bonds is 5. The first-order valence-electron chi connectivity index (χ1n) is 9.69. The Morgan fingerprint density at radius 2 is 1.85 bits per heavy atom. The van der Waals surface area contributed by atoms with E-state index in [1.165, 1.54) is 18.4 Å². The van der Waals surface area contributed by atoms with Crippen molar-refractivity contribution in [3.8, 4) is 5.75 Å². The number of halogens is 1. The fourth-order valence-corrected chi connectivity index (χ4v) is 3.79. The van der Waals surface area contributed by atoms with Gasteiger partial charge in [0.15, 0.2) is 0 Å². The molecule has 0 saturated carbocycles. The van der Waals surface area contributed by atoms with Gasteiger partial charge in [-0.25, -0.2) is 0 Å². The molecule has 3 rings (SSSR count).